The van der Waals surface area contributed by atoms with Gasteiger partial charge in [-0.3, -0.25) is 4.98 Å². The summed E-state index contributed by atoms with van der Waals surface area (Å²) in [6, 6.07) is 6.12. The van der Waals surface area contributed by atoms with Crippen molar-refractivity contribution < 1.29 is 4.74 Å². The van der Waals surface area contributed by atoms with Crippen LogP contribution in [0.25, 0.3) is 0 Å². The largest absolute Gasteiger partial charge is 0.480 e. The van der Waals surface area contributed by atoms with Gasteiger partial charge in [0.15, 0.2) is 0 Å². The second-order valence-electron chi connectivity index (χ2n) is 3.84. The van der Waals surface area contributed by atoms with Crippen LogP contribution in [0.1, 0.15) is 17.3 Å². The molecule has 0 amide bonds. The Hall–Kier alpha value is -0.730. The van der Waals surface area contributed by atoms with Gasteiger partial charge in [-0.1, -0.05) is 15.9 Å². The Morgan fingerprint density at radius 1 is 1.32 bits per heavy atom. The molecular formula is C13H13BrIN3O. The first-order valence-corrected chi connectivity index (χ1v) is 7.51. The maximum absolute atomic E-state index is 5.29. The number of benzene rings is 1. The normalized spacial score (nSPS) is 12.2. The van der Waals surface area contributed by atoms with Crippen LogP contribution >= 0.6 is 38.5 Å². The van der Waals surface area contributed by atoms with Gasteiger partial charge in [-0.05, 0) is 53.4 Å². The van der Waals surface area contributed by atoms with Crippen LogP contribution in [0.3, 0.4) is 0 Å². The van der Waals surface area contributed by atoms with E-state index >= 15 is 0 Å². The van der Waals surface area contributed by atoms with Gasteiger partial charge < -0.3 is 10.1 Å². The molecule has 1 aromatic carbocycles. The van der Waals surface area contributed by atoms with Crippen molar-refractivity contribution in [2.75, 3.05) is 14.2 Å². The van der Waals surface area contributed by atoms with Crippen LogP contribution in [0.4, 0.5) is 0 Å². The summed E-state index contributed by atoms with van der Waals surface area (Å²) in [5.41, 5.74) is 1.88. The quantitative estimate of drug-likeness (QED) is 0.752. The lowest BCUT2D eigenvalue weighted by molar-refractivity contribution is 0.384. The third kappa shape index (κ3) is 3.24. The van der Waals surface area contributed by atoms with Gasteiger partial charge in [-0.2, -0.15) is 0 Å². The first-order valence-electron chi connectivity index (χ1n) is 5.64. The molecule has 6 heteroatoms. The van der Waals surface area contributed by atoms with E-state index in [4.69, 9.17) is 4.74 Å². The van der Waals surface area contributed by atoms with Crippen molar-refractivity contribution in [3.8, 4) is 5.88 Å². The molecular weight excluding hydrogens is 421 g/mol. The molecule has 1 aromatic heterocycles. The number of rotatable bonds is 4. The molecule has 0 spiro atoms. The number of halogens is 2. The van der Waals surface area contributed by atoms with Crippen molar-refractivity contribution >= 4 is 38.5 Å². The second kappa shape index (κ2) is 6.62. The average Bonchev–Trinajstić information content (AvgIpc) is 2.44. The Balaban J connectivity index is 2.53. The summed E-state index contributed by atoms with van der Waals surface area (Å²) in [6.07, 6.45) is 3.29. The number of aromatic nitrogens is 2. The summed E-state index contributed by atoms with van der Waals surface area (Å²) in [7, 11) is 3.50. The van der Waals surface area contributed by atoms with E-state index in [2.05, 4.69) is 65.9 Å². The fourth-order valence-electron chi connectivity index (χ4n) is 1.87. The molecule has 100 valence electrons. The van der Waals surface area contributed by atoms with Crippen LogP contribution in [-0.4, -0.2) is 24.1 Å². The molecule has 0 fully saturated rings. The molecule has 0 saturated carbocycles. The first-order chi connectivity index (χ1) is 9.17. The molecule has 1 unspecified atom stereocenters. The van der Waals surface area contributed by atoms with Crippen molar-refractivity contribution in [1.29, 1.82) is 0 Å². The summed E-state index contributed by atoms with van der Waals surface area (Å²) in [5.74, 6) is 0.535. The van der Waals surface area contributed by atoms with E-state index in [1.54, 1.807) is 19.5 Å². The van der Waals surface area contributed by atoms with Gasteiger partial charge in [0, 0.05) is 20.4 Å². The molecule has 2 rings (SSSR count). The molecule has 1 N–H and O–H groups in total. The first kappa shape index (κ1) is 14.7. The zero-order valence-corrected chi connectivity index (χ0v) is 14.3. The zero-order valence-electron chi connectivity index (χ0n) is 10.5. The van der Waals surface area contributed by atoms with E-state index in [-0.39, 0.29) is 6.04 Å². The van der Waals surface area contributed by atoms with Gasteiger partial charge in [0.2, 0.25) is 5.88 Å². The van der Waals surface area contributed by atoms with Crippen molar-refractivity contribution in [2.24, 2.45) is 0 Å². The standard InChI is InChI=1S/C13H13BrIN3O/c1-16-11(9-7-8(15)3-4-10(9)14)12-13(19-2)18-6-5-17-12/h3-7,11,16H,1-2H3. The van der Waals surface area contributed by atoms with E-state index < -0.39 is 0 Å². The fourth-order valence-corrected chi connectivity index (χ4v) is 2.86. The maximum atomic E-state index is 5.29. The van der Waals surface area contributed by atoms with Crippen LogP contribution in [-0.2, 0) is 0 Å². The fraction of sp³-hybridized carbons (Fsp3) is 0.231. The minimum Gasteiger partial charge on any atom is -0.480 e. The number of hydrogen-bond donors (Lipinski definition) is 1. The molecule has 0 aliphatic rings. The lowest BCUT2D eigenvalue weighted by atomic mass is 10.0. The predicted molar refractivity (Wildman–Crippen MR) is 86.3 cm³/mol. The predicted octanol–water partition coefficient (Wildman–Crippen LogP) is 3.16. The van der Waals surface area contributed by atoms with Crippen molar-refractivity contribution in [3.63, 3.8) is 0 Å². The molecule has 0 aliphatic heterocycles. The molecule has 0 saturated heterocycles. The van der Waals surface area contributed by atoms with Crippen molar-refractivity contribution in [1.82, 2.24) is 15.3 Å². The van der Waals surface area contributed by atoms with Crippen LogP contribution in [0.5, 0.6) is 5.88 Å². The molecule has 0 bridgehead atoms. The molecule has 19 heavy (non-hydrogen) atoms. The monoisotopic (exact) mass is 433 g/mol. The summed E-state index contributed by atoms with van der Waals surface area (Å²) < 4.78 is 7.48. The number of hydrogen-bond acceptors (Lipinski definition) is 4. The van der Waals surface area contributed by atoms with Gasteiger partial charge in [0.1, 0.15) is 5.69 Å². The highest BCUT2D eigenvalue weighted by Crippen LogP contribution is 2.31. The number of nitrogens with one attached hydrogen (secondary N) is 1. The Bertz CT molecular complexity index is 580. The smallest absolute Gasteiger partial charge is 0.237 e. The highest BCUT2D eigenvalue weighted by molar-refractivity contribution is 14.1. The lowest BCUT2D eigenvalue weighted by Gasteiger charge is -2.19. The Labute approximate surface area is 134 Å². The van der Waals surface area contributed by atoms with Crippen LogP contribution in [0.15, 0.2) is 35.1 Å². The Kier molecular flexibility index (Phi) is 5.12. The molecule has 0 aliphatic carbocycles. The van der Waals surface area contributed by atoms with E-state index in [9.17, 15) is 0 Å². The Morgan fingerprint density at radius 2 is 2.05 bits per heavy atom. The summed E-state index contributed by atoms with van der Waals surface area (Å²) in [6.45, 7) is 0. The van der Waals surface area contributed by atoms with Gasteiger partial charge in [-0.25, -0.2) is 4.98 Å². The topological polar surface area (TPSA) is 47.0 Å². The van der Waals surface area contributed by atoms with Crippen LogP contribution < -0.4 is 10.1 Å². The van der Waals surface area contributed by atoms with E-state index in [0.29, 0.717) is 5.88 Å². The average molecular weight is 434 g/mol. The molecule has 4 nitrogen and oxygen atoms in total. The second-order valence-corrected chi connectivity index (χ2v) is 5.94. The third-order valence-corrected chi connectivity index (χ3v) is 4.11. The Morgan fingerprint density at radius 3 is 2.74 bits per heavy atom. The van der Waals surface area contributed by atoms with Gasteiger partial charge in [-0.15, -0.1) is 0 Å². The molecule has 0 radical (unpaired) electrons. The van der Waals surface area contributed by atoms with Gasteiger partial charge in [0.05, 0.1) is 13.2 Å². The molecule has 1 atom stereocenters. The van der Waals surface area contributed by atoms with Crippen molar-refractivity contribution in [2.45, 2.75) is 6.04 Å². The number of ether oxygens (including phenoxy) is 1. The van der Waals surface area contributed by atoms with Crippen LogP contribution in [0, 0.1) is 3.57 Å². The minimum atomic E-state index is -0.0762. The third-order valence-electron chi connectivity index (χ3n) is 2.72. The SMILES string of the molecule is CNC(c1cc(I)ccc1Br)c1nccnc1OC. The van der Waals surface area contributed by atoms with E-state index in [0.717, 1.165) is 15.7 Å². The van der Waals surface area contributed by atoms with Gasteiger partial charge in [0.25, 0.3) is 0 Å². The number of nitrogens with zero attached hydrogens (tertiary/aromatic N) is 2. The maximum Gasteiger partial charge on any atom is 0.237 e. The minimum absolute atomic E-state index is 0.0762. The van der Waals surface area contributed by atoms with E-state index in [1.807, 2.05) is 13.1 Å². The zero-order chi connectivity index (χ0) is 13.8. The summed E-state index contributed by atoms with van der Waals surface area (Å²) >= 11 is 5.88. The summed E-state index contributed by atoms with van der Waals surface area (Å²) in [5, 5.41) is 3.26. The van der Waals surface area contributed by atoms with Crippen molar-refractivity contribution in [3.05, 3.63) is 49.9 Å². The van der Waals surface area contributed by atoms with Gasteiger partial charge >= 0.3 is 0 Å². The van der Waals surface area contributed by atoms with E-state index in [1.165, 1.54) is 3.57 Å². The highest BCUT2D eigenvalue weighted by Gasteiger charge is 2.21. The van der Waals surface area contributed by atoms with Crippen LogP contribution in [0.2, 0.25) is 0 Å². The highest BCUT2D eigenvalue weighted by atomic mass is 127. The number of methoxy groups -OCH3 is 1. The lowest BCUT2D eigenvalue weighted by Crippen LogP contribution is -2.20. The molecule has 1 heterocycles. The summed E-state index contributed by atoms with van der Waals surface area (Å²) in [4.78, 5) is 8.60. The molecule has 2 aromatic rings.